The fraction of sp³-hybridized carbons (Fsp3) is 0.667. The molecule has 0 bridgehead atoms. The Morgan fingerprint density at radius 3 is 2.51 bits per heavy atom. The van der Waals surface area contributed by atoms with E-state index in [1.165, 1.54) is 62.7 Å². The normalized spacial score (nSPS) is 34.0. The van der Waals surface area contributed by atoms with Crippen molar-refractivity contribution in [1.29, 1.82) is 0 Å². The lowest BCUT2D eigenvalue weighted by Crippen LogP contribution is -2.49. The molecule has 0 aliphatic heterocycles. The number of nitrogens with zero attached hydrogens (tertiary/aromatic N) is 3. The quantitative estimate of drug-likeness (QED) is 0.238. The molecule has 2 saturated carbocycles. The second-order valence-corrected chi connectivity index (χ2v) is 14.1. The number of non-ortho nitro benzene ring substituents is 1. The monoisotopic (exact) mass is 562 g/mol. The summed E-state index contributed by atoms with van der Waals surface area (Å²) >= 11 is 0. The maximum Gasteiger partial charge on any atom is 0.301 e. The van der Waals surface area contributed by atoms with E-state index >= 15 is 0 Å². The minimum atomic E-state index is -0.633. The van der Waals surface area contributed by atoms with Gasteiger partial charge in [0.05, 0.1) is 21.6 Å². The summed E-state index contributed by atoms with van der Waals surface area (Å²) in [5, 5.41) is 27.1. The van der Waals surface area contributed by atoms with Gasteiger partial charge >= 0.3 is 5.69 Å². The van der Waals surface area contributed by atoms with Gasteiger partial charge in [0.25, 0.3) is 5.69 Å². The average molecular weight is 563 g/mol. The largest absolute Gasteiger partial charge is 0.301 e. The van der Waals surface area contributed by atoms with E-state index in [1.54, 1.807) is 0 Å². The summed E-state index contributed by atoms with van der Waals surface area (Å²) in [5.74, 6) is 4.44. The number of allylic oxidation sites excluding steroid dienone is 4. The van der Waals surface area contributed by atoms with Gasteiger partial charge in [-0.05, 0) is 103 Å². The van der Waals surface area contributed by atoms with Crippen LogP contribution in [0.15, 0.2) is 47.1 Å². The van der Waals surface area contributed by atoms with Gasteiger partial charge in [0.15, 0.2) is 0 Å². The van der Waals surface area contributed by atoms with E-state index in [2.05, 4.69) is 63.4 Å². The summed E-state index contributed by atoms with van der Waals surface area (Å²) in [6.07, 6.45) is 18.2. The highest BCUT2D eigenvalue weighted by molar-refractivity contribution is 5.97. The first kappa shape index (κ1) is 29.5. The topological polar surface area (TPSA) is 111 Å². The molecule has 222 valence electrons. The summed E-state index contributed by atoms with van der Waals surface area (Å²) in [4.78, 5) is 21.3. The Morgan fingerprint density at radius 1 is 1.02 bits per heavy atom. The molecule has 4 aliphatic carbocycles. The molecule has 1 aromatic rings. The van der Waals surface area contributed by atoms with Crippen molar-refractivity contribution in [2.75, 3.05) is 5.43 Å². The van der Waals surface area contributed by atoms with E-state index in [-0.39, 0.29) is 22.5 Å². The van der Waals surface area contributed by atoms with Gasteiger partial charge < -0.3 is 0 Å². The van der Waals surface area contributed by atoms with Gasteiger partial charge in [-0.2, -0.15) is 5.10 Å². The molecule has 8 heteroatoms. The third kappa shape index (κ3) is 5.46. The van der Waals surface area contributed by atoms with Crippen LogP contribution in [0.1, 0.15) is 92.4 Å². The van der Waals surface area contributed by atoms with Crippen LogP contribution in [0.4, 0.5) is 17.1 Å². The molecule has 0 spiro atoms. The average Bonchev–Trinajstić information content (AvgIpc) is 3.28. The van der Waals surface area contributed by atoms with Gasteiger partial charge in [0.1, 0.15) is 5.69 Å². The molecule has 1 N–H and O–H groups in total. The van der Waals surface area contributed by atoms with Crippen LogP contribution in [-0.4, -0.2) is 15.6 Å². The van der Waals surface area contributed by atoms with Crippen molar-refractivity contribution in [3.05, 3.63) is 62.2 Å². The summed E-state index contributed by atoms with van der Waals surface area (Å²) in [6.45, 7) is 12.2. The van der Waals surface area contributed by atoms with Gasteiger partial charge in [0, 0.05) is 6.07 Å². The second-order valence-electron chi connectivity index (χ2n) is 14.1. The lowest BCUT2D eigenvalue weighted by atomic mass is 9.48. The highest BCUT2D eigenvalue weighted by Gasteiger charge is 2.58. The number of nitrogens with one attached hydrogen (secondary N) is 1. The molecule has 0 saturated heterocycles. The predicted octanol–water partition coefficient (Wildman–Crippen LogP) is 9.09. The summed E-state index contributed by atoms with van der Waals surface area (Å²) < 4.78 is 0. The Hall–Kier alpha value is -3.03. The zero-order valence-electron chi connectivity index (χ0n) is 25.3. The number of hydrogen-bond donors (Lipinski definition) is 1. The van der Waals surface area contributed by atoms with Crippen LogP contribution in [-0.2, 0) is 0 Å². The Morgan fingerprint density at radius 2 is 1.80 bits per heavy atom. The van der Waals surface area contributed by atoms with Crippen molar-refractivity contribution in [2.24, 2.45) is 51.4 Å². The maximum atomic E-state index is 11.5. The zero-order chi connectivity index (χ0) is 29.5. The Labute approximate surface area is 244 Å². The van der Waals surface area contributed by atoms with Crippen LogP contribution in [0.2, 0.25) is 0 Å². The molecular weight excluding hydrogens is 516 g/mol. The standard InChI is InChI=1S/C33H46N4O4/c1-21(2)7-6-8-22(3)27-12-13-28-26-11-9-23-19-24(15-17-32(23,4)29(26)16-18-33(27,28)5)34-35-30-14-10-25(36(38)39)20-31(30)37(40)41/h9-11,14,19-22,26-29,35H,6-8,12-13,15-18H2,1-5H3/b34-24-/t22-,26+,27-,28+,29+,32+,33-/m1/s1. The molecule has 0 aromatic heterocycles. The third-order valence-corrected chi connectivity index (χ3v) is 11.4. The van der Waals surface area contributed by atoms with Crippen LogP contribution in [0.5, 0.6) is 0 Å². The first-order valence-electron chi connectivity index (χ1n) is 15.6. The highest BCUT2D eigenvalue weighted by Crippen LogP contribution is 2.66. The lowest BCUT2D eigenvalue weighted by Gasteiger charge is -2.56. The molecule has 8 nitrogen and oxygen atoms in total. The number of fused-ring (bicyclic) bond motifs is 5. The smallest absolute Gasteiger partial charge is 0.271 e. The number of benzene rings is 1. The summed E-state index contributed by atoms with van der Waals surface area (Å²) in [6, 6.07) is 3.58. The fourth-order valence-electron chi connectivity index (χ4n) is 9.13. The zero-order valence-corrected chi connectivity index (χ0v) is 25.3. The third-order valence-electron chi connectivity index (χ3n) is 11.4. The van der Waals surface area contributed by atoms with Crippen LogP contribution < -0.4 is 5.43 Å². The van der Waals surface area contributed by atoms with Gasteiger partial charge in [-0.1, -0.05) is 66.0 Å². The van der Waals surface area contributed by atoms with E-state index in [0.717, 1.165) is 48.3 Å². The van der Waals surface area contributed by atoms with Crippen molar-refractivity contribution in [3.63, 3.8) is 0 Å². The minimum absolute atomic E-state index is 0.111. The molecule has 41 heavy (non-hydrogen) atoms. The van der Waals surface area contributed by atoms with Gasteiger partial charge in [-0.3, -0.25) is 25.7 Å². The fourth-order valence-corrected chi connectivity index (χ4v) is 9.13. The predicted molar refractivity (Wildman–Crippen MR) is 164 cm³/mol. The van der Waals surface area contributed by atoms with Gasteiger partial charge in [-0.25, -0.2) is 0 Å². The molecule has 5 rings (SSSR count). The summed E-state index contributed by atoms with van der Waals surface area (Å²) in [5.41, 5.74) is 5.01. The van der Waals surface area contributed by atoms with Crippen LogP contribution in [0.25, 0.3) is 0 Å². The SMILES string of the molecule is CC(C)CCC[C@@H](C)[C@H]1CC[C@H]2[C@@H]3C=CC4=C/C(=N\Nc5ccc([N+](=O)[O-])cc5[N+](=O)[O-])CC[C@]4(C)[C@H]3CC[C@]12C. The molecule has 4 aliphatic rings. The van der Waals surface area contributed by atoms with Gasteiger partial charge in [-0.15, -0.1) is 0 Å². The lowest BCUT2D eigenvalue weighted by molar-refractivity contribution is -0.393. The Bertz CT molecular complexity index is 1290. The number of rotatable bonds is 9. The number of hydrazone groups is 1. The van der Waals surface area contributed by atoms with Crippen molar-refractivity contribution in [3.8, 4) is 0 Å². The molecule has 0 unspecified atom stereocenters. The second kappa shape index (κ2) is 11.3. The maximum absolute atomic E-state index is 11.5. The van der Waals surface area contributed by atoms with Crippen molar-refractivity contribution in [2.45, 2.75) is 92.4 Å². The van der Waals surface area contributed by atoms with Crippen LogP contribution in [0.3, 0.4) is 0 Å². The minimum Gasteiger partial charge on any atom is -0.271 e. The molecule has 0 radical (unpaired) electrons. The Balaban J connectivity index is 1.32. The van der Waals surface area contributed by atoms with Crippen molar-refractivity contribution >= 4 is 22.8 Å². The van der Waals surface area contributed by atoms with Gasteiger partial charge in [0.2, 0.25) is 0 Å². The number of hydrogen-bond acceptors (Lipinski definition) is 6. The molecular formula is C33H46N4O4. The molecule has 0 amide bonds. The van der Waals surface area contributed by atoms with E-state index in [9.17, 15) is 20.2 Å². The van der Waals surface area contributed by atoms with E-state index < -0.39 is 9.85 Å². The molecule has 0 heterocycles. The number of nitro groups is 2. The van der Waals surface area contributed by atoms with E-state index in [0.29, 0.717) is 17.3 Å². The highest BCUT2D eigenvalue weighted by atomic mass is 16.6. The first-order chi connectivity index (χ1) is 19.4. The van der Waals surface area contributed by atoms with Crippen LogP contribution in [0, 0.1) is 66.6 Å². The molecule has 2 fully saturated rings. The summed E-state index contributed by atoms with van der Waals surface area (Å²) in [7, 11) is 0. The van der Waals surface area contributed by atoms with E-state index in [4.69, 9.17) is 0 Å². The van der Waals surface area contributed by atoms with Crippen molar-refractivity contribution in [1.82, 2.24) is 0 Å². The van der Waals surface area contributed by atoms with Crippen LogP contribution >= 0.6 is 0 Å². The molecule has 7 atom stereocenters. The molecule has 1 aromatic carbocycles. The first-order valence-corrected chi connectivity index (χ1v) is 15.6. The van der Waals surface area contributed by atoms with Crippen molar-refractivity contribution < 1.29 is 9.85 Å². The number of nitro benzene ring substituents is 2. The Kier molecular flexibility index (Phi) is 8.14. The number of anilines is 1. The van der Waals surface area contributed by atoms with E-state index in [1.807, 2.05) is 0 Å².